The van der Waals surface area contributed by atoms with E-state index in [4.69, 9.17) is 9.47 Å². The number of aromatic nitrogens is 2. The molecule has 1 aliphatic carbocycles. The third-order valence-electron chi connectivity index (χ3n) is 11.1. The molecule has 2 heterocycles. The Morgan fingerprint density at radius 2 is 1.10 bits per heavy atom. The first-order chi connectivity index (χ1) is 25.2. The van der Waals surface area contributed by atoms with Crippen molar-refractivity contribution < 1.29 is 9.47 Å². The van der Waals surface area contributed by atoms with Crippen LogP contribution in [0.25, 0.3) is 0 Å². The van der Waals surface area contributed by atoms with Crippen LogP contribution in [0, 0.1) is 0 Å². The van der Waals surface area contributed by atoms with Crippen LogP contribution in [0.15, 0.2) is 61.1 Å². The number of rotatable bonds is 32. The van der Waals surface area contributed by atoms with Crippen LogP contribution < -0.4 is 0 Å². The largest absolute Gasteiger partial charge is 0.348 e. The Morgan fingerprint density at radius 3 is 1.55 bits per heavy atom. The molecule has 2 fully saturated rings. The third-order valence-corrected chi connectivity index (χ3v) is 11.1. The number of ether oxygens (including phenoxy) is 2. The van der Waals surface area contributed by atoms with E-state index in [1.54, 1.807) is 6.33 Å². The number of nitrogens with one attached hydrogen (secondary N) is 1. The predicted octanol–water partition coefficient (Wildman–Crippen LogP) is 13.2. The lowest BCUT2D eigenvalue weighted by Gasteiger charge is -2.32. The first kappa shape index (κ1) is 43.5. The molecule has 0 amide bonds. The Balaban J connectivity index is 1.31. The molecule has 0 spiro atoms. The number of imidazole rings is 1. The molecular formula is C46H79N3O2. The van der Waals surface area contributed by atoms with Gasteiger partial charge in [0.2, 0.25) is 0 Å². The average Bonchev–Trinajstić information content (AvgIpc) is 3.87. The van der Waals surface area contributed by atoms with Crippen molar-refractivity contribution in [3.63, 3.8) is 0 Å². The maximum Gasteiger partial charge on any atom is 0.169 e. The summed E-state index contributed by atoms with van der Waals surface area (Å²) in [7, 11) is 2.27. The summed E-state index contributed by atoms with van der Waals surface area (Å²) in [5.41, 5.74) is 1.21. The Labute approximate surface area is 315 Å². The first-order valence-corrected chi connectivity index (χ1v) is 21.8. The fraction of sp³-hybridized carbons (Fsp3) is 0.761. The number of allylic oxidation sites excluding steroid dienone is 8. The van der Waals surface area contributed by atoms with E-state index in [1.165, 1.54) is 134 Å². The van der Waals surface area contributed by atoms with Gasteiger partial charge in [0, 0.05) is 43.7 Å². The number of likely N-dealkylation sites (N-methyl/N-ethyl adjacent to an activating group) is 1. The predicted molar refractivity (Wildman–Crippen MR) is 219 cm³/mol. The quantitative estimate of drug-likeness (QED) is 0.0599. The number of hydrogen-bond acceptors (Lipinski definition) is 4. The molecule has 3 atom stereocenters. The van der Waals surface area contributed by atoms with E-state index >= 15 is 0 Å². The van der Waals surface area contributed by atoms with E-state index in [9.17, 15) is 0 Å². The lowest BCUT2D eigenvalue weighted by atomic mass is 9.98. The molecule has 5 nitrogen and oxygen atoms in total. The molecule has 1 aromatic rings. The highest BCUT2D eigenvalue weighted by molar-refractivity contribution is 4.99. The van der Waals surface area contributed by atoms with E-state index in [2.05, 4.69) is 84.4 Å². The molecule has 5 heteroatoms. The van der Waals surface area contributed by atoms with Crippen molar-refractivity contribution in [2.24, 2.45) is 0 Å². The van der Waals surface area contributed by atoms with Gasteiger partial charge in [0.25, 0.3) is 0 Å². The zero-order valence-corrected chi connectivity index (χ0v) is 33.5. The summed E-state index contributed by atoms with van der Waals surface area (Å²) < 4.78 is 13.9. The van der Waals surface area contributed by atoms with Crippen molar-refractivity contribution >= 4 is 0 Å². The van der Waals surface area contributed by atoms with Gasteiger partial charge in [0.15, 0.2) is 5.79 Å². The second-order valence-corrected chi connectivity index (χ2v) is 15.6. The van der Waals surface area contributed by atoms with E-state index in [0.29, 0.717) is 6.04 Å². The Kier molecular flexibility index (Phi) is 24.3. The van der Waals surface area contributed by atoms with Crippen molar-refractivity contribution in [1.82, 2.24) is 14.9 Å². The van der Waals surface area contributed by atoms with Crippen LogP contribution in [0.3, 0.4) is 0 Å². The van der Waals surface area contributed by atoms with Crippen LogP contribution in [-0.2, 0) is 15.9 Å². The van der Waals surface area contributed by atoms with Gasteiger partial charge in [0.1, 0.15) is 0 Å². The highest BCUT2D eigenvalue weighted by Gasteiger charge is 2.51. The minimum absolute atomic E-state index is 0.254. The second-order valence-electron chi connectivity index (χ2n) is 15.6. The minimum atomic E-state index is -0.347. The van der Waals surface area contributed by atoms with Gasteiger partial charge in [-0.1, -0.05) is 140 Å². The lowest BCUT2D eigenvalue weighted by Crippen LogP contribution is -2.36. The number of H-pyrrole nitrogens is 1. The molecule has 0 radical (unpaired) electrons. The first-order valence-electron chi connectivity index (χ1n) is 21.8. The summed E-state index contributed by atoms with van der Waals surface area (Å²) in [6, 6.07) is 0.537. The van der Waals surface area contributed by atoms with Crippen molar-refractivity contribution in [1.29, 1.82) is 0 Å². The van der Waals surface area contributed by atoms with Gasteiger partial charge in [-0.05, 0) is 84.1 Å². The topological polar surface area (TPSA) is 50.4 Å². The fourth-order valence-corrected chi connectivity index (χ4v) is 7.77. The lowest BCUT2D eigenvalue weighted by molar-refractivity contribution is -0.193. The summed E-state index contributed by atoms with van der Waals surface area (Å²) in [6.07, 6.45) is 56.4. The monoisotopic (exact) mass is 706 g/mol. The van der Waals surface area contributed by atoms with Crippen LogP contribution in [0.1, 0.15) is 186 Å². The molecule has 1 saturated carbocycles. The van der Waals surface area contributed by atoms with Crippen LogP contribution in [0.5, 0.6) is 0 Å². The Morgan fingerprint density at radius 1 is 0.647 bits per heavy atom. The third kappa shape index (κ3) is 19.6. The fourth-order valence-electron chi connectivity index (χ4n) is 7.77. The second kappa shape index (κ2) is 28.5. The summed E-state index contributed by atoms with van der Waals surface area (Å²) >= 11 is 0. The number of fused-ring (bicyclic) bond motifs is 1. The summed E-state index contributed by atoms with van der Waals surface area (Å²) in [6.45, 7) is 5.55. The van der Waals surface area contributed by atoms with Gasteiger partial charge in [0.05, 0.1) is 18.5 Å². The van der Waals surface area contributed by atoms with Gasteiger partial charge >= 0.3 is 0 Å². The molecule has 1 saturated heterocycles. The Hall–Kier alpha value is -1.95. The maximum atomic E-state index is 6.95. The highest BCUT2D eigenvalue weighted by atomic mass is 16.8. The minimum Gasteiger partial charge on any atom is -0.348 e. The van der Waals surface area contributed by atoms with Crippen LogP contribution >= 0.6 is 0 Å². The molecule has 1 N–H and O–H groups in total. The molecule has 290 valence electrons. The SMILES string of the molecule is CCCC/C=C\C/C=C\CCCCCCCCC1(CCCCCCCC/C=C\C/C=C\CCCC)O[C@H]2CC(N(C)CCc3cnc[nH]3)C[C@H]2O1. The standard InChI is InChI=1S/C46H79N3O2/c1-4-6-8-10-12-14-16-18-20-22-24-26-28-30-32-35-46(36-33-31-29-27-25-23-21-19-17-15-13-11-9-7-5-2)50-44-38-43(39-45(44)51-46)49(3)37-34-42-40-47-41-48-42/h10-13,16-19,40-41,43-45H,4-9,14-15,20-39H2,1-3H3,(H,47,48)/b12-10-,13-11-,18-16-,19-17-/t43?,44-,45+. The molecule has 1 aromatic heterocycles. The van der Waals surface area contributed by atoms with E-state index < -0.39 is 0 Å². The van der Waals surface area contributed by atoms with E-state index in [1.807, 2.05) is 6.20 Å². The van der Waals surface area contributed by atoms with Gasteiger partial charge in [-0.15, -0.1) is 0 Å². The zero-order chi connectivity index (χ0) is 36.1. The van der Waals surface area contributed by atoms with Crippen molar-refractivity contribution in [3.05, 3.63) is 66.8 Å². The van der Waals surface area contributed by atoms with Gasteiger partial charge < -0.3 is 19.4 Å². The number of hydrogen-bond donors (Lipinski definition) is 1. The highest BCUT2D eigenvalue weighted by Crippen LogP contribution is 2.44. The summed E-state index contributed by atoms with van der Waals surface area (Å²) in [5.74, 6) is -0.347. The molecule has 0 bridgehead atoms. The van der Waals surface area contributed by atoms with Crippen molar-refractivity contribution in [2.45, 2.75) is 211 Å². The van der Waals surface area contributed by atoms with Crippen LogP contribution in [0.4, 0.5) is 0 Å². The number of unbranched alkanes of at least 4 members (excludes halogenated alkanes) is 16. The van der Waals surface area contributed by atoms with Gasteiger partial charge in [-0.3, -0.25) is 0 Å². The number of aromatic amines is 1. The summed E-state index contributed by atoms with van der Waals surface area (Å²) in [5, 5.41) is 0. The summed E-state index contributed by atoms with van der Waals surface area (Å²) in [4.78, 5) is 9.93. The molecule has 1 aliphatic heterocycles. The van der Waals surface area contributed by atoms with Gasteiger partial charge in [-0.2, -0.15) is 0 Å². The number of nitrogens with zero attached hydrogens (tertiary/aromatic N) is 2. The normalized spacial score (nSPS) is 20.4. The van der Waals surface area contributed by atoms with Crippen molar-refractivity contribution in [2.75, 3.05) is 13.6 Å². The van der Waals surface area contributed by atoms with Crippen molar-refractivity contribution in [3.8, 4) is 0 Å². The Bertz CT molecular complexity index is 999. The molecule has 3 rings (SSSR count). The molecule has 51 heavy (non-hydrogen) atoms. The zero-order valence-electron chi connectivity index (χ0n) is 33.5. The van der Waals surface area contributed by atoms with Gasteiger partial charge in [-0.25, -0.2) is 4.98 Å². The maximum absolute atomic E-state index is 6.95. The molecule has 0 aromatic carbocycles. The van der Waals surface area contributed by atoms with E-state index in [-0.39, 0.29) is 18.0 Å². The molecule has 2 aliphatic rings. The molecular weight excluding hydrogens is 627 g/mol. The van der Waals surface area contributed by atoms with Crippen LogP contribution in [-0.4, -0.2) is 52.5 Å². The van der Waals surface area contributed by atoms with Crippen LogP contribution in [0.2, 0.25) is 0 Å². The average molecular weight is 706 g/mol. The molecule has 1 unspecified atom stereocenters. The smallest absolute Gasteiger partial charge is 0.169 e. The van der Waals surface area contributed by atoms with E-state index in [0.717, 1.165) is 51.5 Å².